The van der Waals surface area contributed by atoms with Crippen LogP contribution in [0.3, 0.4) is 0 Å². The summed E-state index contributed by atoms with van der Waals surface area (Å²) in [6.45, 7) is 10.7. The third-order valence-electron chi connectivity index (χ3n) is 8.84. The lowest BCUT2D eigenvalue weighted by Crippen LogP contribution is -2.68. The predicted octanol–water partition coefficient (Wildman–Crippen LogP) is 1.86. The minimum Gasteiger partial charge on any atom is -0.457 e. The Balaban J connectivity index is 2.27. The number of rotatable bonds is 3. The van der Waals surface area contributed by atoms with Crippen LogP contribution in [-0.4, -0.2) is 52.0 Å². The van der Waals surface area contributed by atoms with E-state index in [0.29, 0.717) is 12.8 Å². The lowest BCUT2D eigenvalue weighted by molar-refractivity contribution is -0.239. The molecule has 0 spiro atoms. The topological polar surface area (TPSA) is 104 Å². The number of hydrogen-bond acceptors (Lipinski definition) is 6. The number of aliphatic hydroxyl groups is 3. The molecule has 0 aliphatic heterocycles. The molecule has 0 unspecified atom stereocenters. The smallest absolute Gasteiger partial charge is 0.332 e. The molecule has 3 fully saturated rings. The first-order valence-electron chi connectivity index (χ1n) is 10.3. The van der Waals surface area contributed by atoms with E-state index < -0.39 is 53.1 Å². The normalized spacial score (nSPS) is 51.0. The van der Waals surface area contributed by atoms with Crippen molar-refractivity contribution in [3.05, 3.63) is 12.7 Å². The summed E-state index contributed by atoms with van der Waals surface area (Å²) in [7, 11) is 0. The first kappa shape index (κ1) is 21.5. The number of carbonyl (C=O) groups excluding carboxylic acids is 2. The second kappa shape index (κ2) is 6.92. The average molecular weight is 395 g/mol. The van der Waals surface area contributed by atoms with Crippen LogP contribution >= 0.6 is 0 Å². The largest absolute Gasteiger partial charge is 0.457 e. The van der Waals surface area contributed by atoms with Crippen LogP contribution in [0.25, 0.3) is 0 Å². The van der Waals surface area contributed by atoms with Gasteiger partial charge in [0, 0.05) is 23.2 Å². The standard InChI is InChI=1S/C22H34O6/c1-6-20(4)17(26)13(3)22-9-7-12(2)21(5,16(22)14(24)8-10-22)19(18(20)27)28-15(25)11-23/h6,12-13,16-19,23,26-27H,1,7-11H2,2-5H3/t12-,13+,16-,17-,18-,19-,20+,21-,22+/m1/s1. The van der Waals surface area contributed by atoms with Crippen molar-refractivity contribution in [3.63, 3.8) is 0 Å². The maximum Gasteiger partial charge on any atom is 0.332 e. The van der Waals surface area contributed by atoms with Crippen LogP contribution in [-0.2, 0) is 14.3 Å². The Hall–Kier alpha value is -1.24. The summed E-state index contributed by atoms with van der Waals surface area (Å²) in [5.41, 5.74) is -2.32. The second-order valence-electron chi connectivity index (χ2n) is 9.76. The Morgan fingerprint density at radius 3 is 2.46 bits per heavy atom. The van der Waals surface area contributed by atoms with Gasteiger partial charge in [-0.15, -0.1) is 6.58 Å². The van der Waals surface area contributed by atoms with Crippen molar-refractivity contribution in [2.75, 3.05) is 6.61 Å². The third kappa shape index (κ3) is 2.57. The van der Waals surface area contributed by atoms with Crippen LogP contribution in [0.15, 0.2) is 12.7 Å². The first-order chi connectivity index (χ1) is 13.0. The molecule has 3 N–H and O–H groups in total. The second-order valence-corrected chi connectivity index (χ2v) is 9.76. The molecule has 9 atom stereocenters. The Kier molecular flexibility index (Phi) is 5.31. The summed E-state index contributed by atoms with van der Waals surface area (Å²) in [6, 6.07) is 0. The fourth-order valence-electron chi connectivity index (χ4n) is 6.75. The third-order valence-corrected chi connectivity index (χ3v) is 8.84. The van der Waals surface area contributed by atoms with E-state index in [1.54, 1.807) is 6.92 Å². The van der Waals surface area contributed by atoms with Crippen LogP contribution in [0.5, 0.6) is 0 Å². The summed E-state index contributed by atoms with van der Waals surface area (Å²) >= 11 is 0. The van der Waals surface area contributed by atoms with E-state index in [4.69, 9.17) is 4.74 Å². The molecule has 28 heavy (non-hydrogen) atoms. The van der Waals surface area contributed by atoms with Crippen LogP contribution in [0.4, 0.5) is 0 Å². The van der Waals surface area contributed by atoms with Gasteiger partial charge in [0.25, 0.3) is 0 Å². The van der Waals surface area contributed by atoms with Gasteiger partial charge in [-0.2, -0.15) is 0 Å². The molecule has 158 valence electrons. The molecule has 3 aliphatic carbocycles. The number of carbonyl (C=O) groups is 2. The minimum absolute atomic E-state index is 0.0235. The maximum absolute atomic E-state index is 13.2. The van der Waals surface area contributed by atoms with Crippen LogP contribution in [0, 0.1) is 34.0 Å². The molecule has 0 saturated heterocycles. The quantitative estimate of drug-likeness (QED) is 0.499. The Morgan fingerprint density at radius 2 is 1.89 bits per heavy atom. The van der Waals surface area contributed by atoms with Gasteiger partial charge in [0.1, 0.15) is 24.6 Å². The van der Waals surface area contributed by atoms with Gasteiger partial charge in [-0.05, 0) is 36.5 Å². The van der Waals surface area contributed by atoms with E-state index in [9.17, 15) is 24.9 Å². The van der Waals surface area contributed by atoms with E-state index in [-0.39, 0.29) is 17.6 Å². The van der Waals surface area contributed by atoms with Crippen molar-refractivity contribution in [1.82, 2.24) is 0 Å². The molecule has 3 rings (SSSR count). The number of Topliss-reactive ketones (excluding diaryl/α,β-unsaturated/α-hetero) is 1. The molecule has 3 saturated carbocycles. The number of esters is 1. The first-order valence-corrected chi connectivity index (χ1v) is 10.3. The fourth-order valence-corrected chi connectivity index (χ4v) is 6.75. The molecule has 6 nitrogen and oxygen atoms in total. The molecule has 0 radical (unpaired) electrons. The van der Waals surface area contributed by atoms with Gasteiger partial charge in [0.05, 0.1) is 6.10 Å². The monoisotopic (exact) mass is 394 g/mol. The van der Waals surface area contributed by atoms with E-state index >= 15 is 0 Å². The van der Waals surface area contributed by atoms with Gasteiger partial charge in [-0.1, -0.05) is 33.8 Å². The SMILES string of the molecule is C=C[C@]1(C)[C@H](O)[C@@H](OC(=O)CO)[C@]2(C)[C@H](C)CC[C@]3(CCC(=O)[C@@H]32)[C@@H](C)[C@H]1O. The average Bonchev–Trinajstić information content (AvgIpc) is 3.04. The summed E-state index contributed by atoms with van der Waals surface area (Å²) in [4.78, 5) is 25.2. The molecule has 0 amide bonds. The number of aliphatic hydroxyl groups excluding tert-OH is 3. The van der Waals surface area contributed by atoms with Gasteiger partial charge < -0.3 is 20.1 Å². The predicted molar refractivity (Wildman–Crippen MR) is 103 cm³/mol. The fraction of sp³-hybridized carbons (Fsp3) is 0.818. The van der Waals surface area contributed by atoms with Crippen molar-refractivity contribution in [3.8, 4) is 0 Å². The molecule has 2 bridgehead atoms. The zero-order chi connectivity index (χ0) is 21.1. The lowest BCUT2D eigenvalue weighted by atomic mass is 9.43. The summed E-state index contributed by atoms with van der Waals surface area (Å²) in [5.74, 6) is -1.33. The highest BCUT2D eigenvalue weighted by molar-refractivity contribution is 5.85. The van der Waals surface area contributed by atoms with Gasteiger partial charge >= 0.3 is 5.97 Å². The highest BCUT2D eigenvalue weighted by Crippen LogP contribution is 2.67. The molecule has 6 heteroatoms. The molecular weight excluding hydrogens is 360 g/mol. The number of hydrogen-bond donors (Lipinski definition) is 3. The van der Waals surface area contributed by atoms with E-state index in [1.807, 2.05) is 20.8 Å². The summed E-state index contributed by atoms with van der Waals surface area (Å²) in [6.07, 6.45) is 1.09. The van der Waals surface area contributed by atoms with Crippen molar-refractivity contribution < 1.29 is 29.6 Å². The molecule has 0 aromatic heterocycles. The van der Waals surface area contributed by atoms with Gasteiger partial charge in [0.15, 0.2) is 0 Å². The molecule has 0 heterocycles. The van der Waals surface area contributed by atoms with Crippen LogP contribution in [0.1, 0.15) is 53.4 Å². The van der Waals surface area contributed by atoms with E-state index in [1.165, 1.54) is 6.08 Å². The minimum atomic E-state index is -1.25. The van der Waals surface area contributed by atoms with Crippen LogP contribution < -0.4 is 0 Å². The number of ether oxygens (including phenoxy) is 1. The van der Waals surface area contributed by atoms with Gasteiger partial charge in [0.2, 0.25) is 0 Å². The Bertz CT molecular complexity index is 676. The Morgan fingerprint density at radius 1 is 1.25 bits per heavy atom. The van der Waals surface area contributed by atoms with Crippen molar-refractivity contribution >= 4 is 11.8 Å². The summed E-state index contributed by atoms with van der Waals surface area (Å²) < 4.78 is 5.63. The number of ketones is 1. The van der Waals surface area contributed by atoms with Crippen LogP contribution in [0.2, 0.25) is 0 Å². The Labute approximate surface area is 167 Å². The summed E-state index contributed by atoms with van der Waals surface area (Å²) in [5, 5.41) is 32.0. The lowest BCUT2D eigenvalue weighted by Gasteiger charge is -2.63. The molecule has 3 aliphatic rings. The van der Waals surface area contributed by atoms with Gasteiger partial charge in [-0.25, -0.2) is 4.79 Å². The van der Waals surface area contributed by atoms with Crippen molar-refractivity contribution in [2.45, 2.75) is 71.7 Å². The molecular formula is C22H34O6. The maximum atomic E-state index is 13.2. The van der Waals surface area contributed by atoms with Gasteiger partial charge in [-0.3, -0.25) is 4.79 Å². The highest BCUT2D eigenvalue weighted by atomic mass is 16.6. The zero-order valence-electron chi connectivity index (χ0n) is 17.4. The van der Waals surface area contributed by atoms with Crippen molar-refractivity contribution in [2.24, 2.45) is 34.0 Å². The molecule has 0 aromatic rings. The zero-order valence-corrected chi connectivity index (χ0v) is 17.4. The van der Waals surface area contributed by atoms with E-state index in [0.717, 1.165) is 12.8 Å². The molecule has 0 aromatic carbocycles. The highest BCUT2D eigenvalue weighted by Gasteiger charge is 2.70. The van der Waals surface area contributed by atoms with E-state index in [2.05, 4.69) is 6.58 Å². The van der Waals surface area contributed by atoms with Crippen molar-refractivity contribution in [1.29, 1.82) is 0 Å².